The fourth-order valence-corrected chi connectivity index (χ4v) is 1.60. The third-order valence-electron chi connectivity index (χ3n) is 2.63. The van der Waals surface area contributed by atoms with Crippen LogP contribution in [-0.2, 0) is 24.0 Å². The lowest BCUT2D eigenvalue weighted by molar-refractivity contribution is -0.143. The van der Waals surface area contributed by atoms with Gasteiger partial charge in [-0.1, -0.05) is 0 Å². The number of carbonyl (C=O) groups is 5. The Morgan fingerprint density at radius 2 is 1.50 bits per heavy atom. The van der Waals surface area contributed by atoms with E-state index in [0.717, 1.165) is 6.92 Å². The predicted octanol–water partition coefficient (Wildman–Crippen LogP) is -1.81. The number of carboxylic acids is 2. The van der Waals surface area contributed by atoms with Crippen molar-refractivity contribution >= 4 is 29.7 Å². The van der Waals surface area contributed by atoms with Crippen molar-refractivity contribution in [2.45, 2.75) is 44.7 Å². The molecular weight excluding hydrogens is 298 g/mol. The van der Waals surface area contributed by atoms with Gasteiger partial charge in [-0.3, -0.25) is 19.2 Å². The van der Waals surface area contributed by atoms with Crippen LogP contribution in [0.3, 0.4) is 0 Å². The molecule has 0 bridgehead atoms. The van der Waals surface area contributed by atoms with Crippen molar-refractivity contribution in [3.63, 3.8) is 0 Å². The normalized spacial score (nSPS) is 12.8. The molecule has 0 saturated heterocycles. The Hall–Kier alpha value is -2.65. The molecule has 10 nitrogen and oxygen atoms in total. The molecule has 0 aromatic rings. The standard InChI is InChI=1S/C12H19N3O7/c1-6(16)14-7(3-5-10(18)19)11(20)15-8(12(21)22)2-4-9(13)17/h7-8H,2-5H2,1H3,(H2,13,17)(H,14,16)(H,15,20)(H,18,19)(H,21,22)/t7-,8-/m0/s1. The summed E-state index contributed by atoms with van der Waals surface area (Å²) in [5.74, 6) is -4.64. The lowest BCUT2D eigenvalue weighted by Gasteiger charge is -2.20. The van der Waals surface area contributed by atoms with Crippen molar-refractivity contribution < 1.29 is 34.2 Å². The number of hydrogen-bond donors (Lipinski definition) is 5. The summed E-state index contributed by atoms with van der Waals surface area (Å²) >= 11 is 0. The first-order valence-electron chi connectivity index (χ1n) is 6.43. The van der Waals surface area contributed by atoms with Gasteiger partial charge in [-0.15, -0.1) is 0 Å². The number of primary amides is 1. The molecule has 6 N–H and O–H groups in total. The third-order valence-corrected chi connectivity index (χ3v) is 2.63. The molecule has 0 aliphatic heterocycles. The number of rotatable bonds is 10. The molecule has 0 rings (SSSR count). The topological polar surface area (TPSA) is 176 Å². The summed E-state index contributed by atoms with van der Waals surface area (Å²) in [5, 5.41) is 22.0. The van der Waals surface area contributed by atoms with Crippen LogP contribution in [0.5, 0.6) is 0 Å². The van der Waals surface area contributed by atoms with Crippen LogP contribution >= 0.6 is 0 Å². The zero-order chi connectivity index (χ0) is 17.3. The Kier molecular flexibility index (Phi) is 8.19. The molecule has 0 spiro atoms. The highest BCUT2D eigenvalue weighted by molar-refractivity contribution is 5.90. The van der Waals surface area contributed by atoms with Crippen LogP contribution < -0.4 is 16.4 Å². The zero-order valence-electron chi connectivity index (χ0n) is 12.0. The van der Waals surface area contributed by atoms with Crippen LogP contribution in [0.1, 0.15) is 32.6 Å². The van der Waals surface area contributed by atoms with Gasteiger partial charge in [-0.2, -0.15) is 0 Å². The van der Waals surface area contributed by atoms with Crippen molar-refractivity contribution in [1.29, 1.82) is 0 Å². The SMILES string of the molecule is CC(=O)N[C@@H](CCC(=O)O)C(=O)N[C@@H](CCC(N)=O)C(=O)O. The molecule has 0 heterocycles. The average Bonchev–Trinajstić information content (AvgIpc) is 2.37. The van der Waals surface area contributed by atoms with Gasteiger partial charge < -0.3 is 26.6 Å². The second-order valence-corrected chi connectivity index (χ2v) is 4.59. The van der Waals surface area contributed by atoms with E-state index in [-0.39, 0.29) is 25.7 Å². The van der Waals surface area contributed by atoms with Gasteiger partial charge >= 0.3 is 11.9 Å². The Morgan fingerprint density at radius 3 is 1.91 bits per heavy atom. The summed E-state index contributed by atoms with van der Waals surface area (Å²) in [6.07, 6.45) is -1.01. The Morgan fingerprint density at radius 1 is 0.955 bits per heavy atom. The molecule has 124 valence electrons. The summed E-state index contributed by atoms with van der Waals surface area (Å²) in [4.78, 5) is 55.2. The van der Waals surface area contributed by atoms with Crippen LogP contribution in [0, 0.1) is 0 Å². The molecular formula is C12H19N3O7. The predicted molar refractivity (Wildman–Crippen MR) is 72.5 cm³/mol. The smallest absolute Gasteiger partial charge is 0.326 e. The van der Waals surface area contributed by atoms with Crippen molar-refractivity contribution in [3.05, 3.63) is 0 Å². The van der Waals surface area contributed by atoms with Gasteiger partial charge in [0.25, 0.3) is 0 Å². The number of carbonyl (C=O) groups excluding carboxylic acids is 3. The van der Waals surface area contributed by atoms with Crippen molar-refractivity contribution in [2.24, 2.45) is 5.73 Å². The molecule has 22 heavy (non-hydrogen) atoms. The van der Waals surface area contributed by atoms with Gasteiger partial charge in [0.1, 0.15) is 12.1 Å². The molecule has 3 amide bonds. The average molecular weight is 317 g/mol. The van der Waals surface area contributed by atoms with Gasteiger partial charge in [0.2, 0.25) is 17.7 Å². The largest absolute Gasteiger partial charge is 0.481 e. The van der Waals surface area contributed by atoms with Crippen LogP contribution in [0.15, 0.2) is 0 Å². The van der Waals surface area contributed by atoms with Crippen LogP contribution in [0.25, 0.3) is 0 Å². The van der Waals surface area contributed by atoms with E-state index in [1.807, 2.05) is 0 Å². The summed E-state index contributed by atoms with van der Waals surface area (Å²) < 4.78 is 0. The minimum atomic E-state index is -1.37. The molecule has 10 heteroatoms. The second kappa shape index (κ2) is 9.32. The maximum Gasteiger partial charge on any atom is 0.326 e. The maximum absolute atomic E-state index is 12.0. The molecule has 0 aromatic carbocycles. The number of nitrogens with two attached hydrogens (primary N) is 1. The van der Waals surface area contributed by atoms with Crippen LogP contribution in [-0.4, -0.2) is 52.0 Å². The van der Waals surface area contributed by atoms with Gasteiger partial charge in [0.15, 0.2) is 0 Å². The lowest BCUT2D eigenvalue weighted by atomic mass is 10.1. The van der Waals surface area contributed by atoms with Crippen molar-refractivity contribution in [3.8, 4) is 0 Å². The van der Waals surface area contributed by atoms with E-state index in [1.165, 1.54) is 0 Å². The fraction of sp³-hybridized carbons (Fsp3) is 0.583. The minimum Gasteiger partial charge on any atom is -0.481 e. The van der Waals surface area contributed by atoms with E-state index in [4.69, 9.17) is 15.9 Å². The number of aliphatic carboxylic acids is 2. The van der Waals surface area contributed by atoms with Gasteiger partial charge in [-0.05, 0) is 12.8 Å². The molecule has 0 unspecified atom stereocenters. The van der Waals surface area contributed by atoms with E-state index >= 15 is 0 Å². The van der Waals surface area contributed by atoms with E-state index in [0.29, 0.717) is 0 Å². The van der Waals surface area contributed by atoms with Crippen molar-refractivity contribution in [2.75, 3.05) is 0 Å². The Labute approximate surface area is 126 Å². The monoisotopic (exact) mass is 317 g/mol. The maximum atomic E-state index is 12.0. The molecule has 0 aliphatic rings. The molecule has 0 saturated carbocycles. The quantitative estimate of drug-likeness (QED) is 0.315. The van der Waals surface area contributed by atoms with Crippen LogP contribution in [0.2, 0.25) is 0 Å². The lowest BCUT2D eigenvalue weighted by Crippen LogP contribution is -2.51. The van der Waals surface area contributed by atoms with Crippen molar-refractivity contribution in [1.82, 2.24) is 10.6 Å². The minimum absolute atomic E-state index is 0.192. The van der Waals surface area contributed by atoms with Gasteiger partial charge in [0.05, 0.1) is 0 Å². The molecule has 0 radical (unpaired) electrons. The van der Waals surface area contributed by atoms with E-state index in [9.17, 15) is 24.0 Å². The number of carboxylic acid groups (broad SMARTS) is 2. The molecule has 0 aliphatic carbocycles. The molecule has 2 atom stereocenters. The summed E-state index contributed by atoms with van der Waals surface area (Å²) in [7, 11) is 0. The molecule has 0 fully saturated rings. The summed E-state index contributed by atoms with van der Waals surface area (Å²) in [6.45, 7) is 1.14. The zero-order valence-corrected chi connectivity index (χ0v) is 12.0. The first-order valence-corrected chi connectivity index (χ1v) is 6.43. The third kappa shape index (κ3) is 8.51. The van der Waals surface area contributed by atoms with E-state index in [1.54, 1.807) is 0 Å². The highest BCUT2D eigenvalue weighted by atomic mass is 16.4. The first kappa shape index (κ1) is 19.4. The Balaban J connectivity index is 4.79. The highest BCUT2D eigenvalue weighted by Crippen LogP contribution is 2.02. The molecule has 0 aromatic heterocycles. The van der Waals surface area contributed by atoms with E-state index in [2.05, 4.69) is 10.6 Å². The number of amides is 3. The summed E-state index contributed by atoms with van der Waals surface area (Å²) in [5.41, 5.74) is 4.91. The highest BCUT2D eigenvalue weighted by Gasteiger charge is 2.26. The number of nitrogens with one attached hydrogen (secondary N) is 2. The number of hydrogen-bond acceptors (Lipinski definition) is 5. The summed E-state index contributed by atoms with van der Waals surface area (Å²) in [6, 6.07) is -2.54. The Bertz CT molecular complexity index is 464. The fourth-order valence-electron chi connectivity index (χ4n) is 1.60. The second-order valence-electron chi connectivity index (χ2n) is 4.59. The van der Waals surface area contributed by atoms with Crippen LogP contribution in [0.4, 0.5) is 0 Å². The first-order chi connectivity index (χ1) is 10.1. The van der Waals surface area contributed by atoms with Gasteiger partial charge in [0, 0.05) is 19.8 Å². The van der Waals surface area contributed by atoms with Gasteiger partial charge in [-0.25, -0.2) is 4.79 Å². The van der Waals surface area contributed by atoms with E-state index < -0.39 is 41.7 Å².